The van der Waals surface area contributed by atoms with E-state index in [9.17, 15) is 27.7 Å². The Bertz CT molecular complexity index is 430. The second kappa shape index (κ2) is 4.05. The SMILES string of the molecule is O=[N+]([O-])c1c(F)ccc(C(F)(F)F)c1CO. The number of rotatable bonds is 2. The molecule has 16 heavy (non-hydrogen) atoms. The fourth-order valence-corrected chi connectivity index (χ4v) is 1.23. The van der Waals surface area contributed by atoms with Gasteiger partial charge >= 0.3 is 11.9 Å². The van der Waals surface area contributed by atoms with Gasteiger partial charge in [0, 0.05) is 0 Å². The van der Waals surface area contributed by atoms with Crippen molar-refractivity contribution in [3.8, 4) is 0 Å². The Morgan fingerprint density at radius 3 is 2.31 bits per heavy atom. The topological polar surface area (TPSA) is 63.4 Å². The molecule has 0 saturated carbocycles. The molecule has 0 radical (unpaired) electrons. The largest absolute Gasteiger partial charge is 0.417 e. The van der Waals surface area contributed by atoms with Gasteiger partial charge in [-0.2, -0.15) is 17.6 Å². The highest BCUT2D eigenvalue weighted by molar-refractivity contribution is 5.47. The van der Waals surface area contributed by atoms with Gasteiger partial charge in [-0.1, -0.05) is 0 Å². The Morgan fingerprint density at radius 1 is 1.38 bits per heavy atom. The molecule has 1 rings (SSSR count). The molecule has 0 atom stereocenters. The van der Waals surface area contributed by atoms with Crippen LogP contribution < -0.4 is 0 Å². The van der Waals surface area contributed by atoms with Crippen LogP contribution in [-0.4, -0.2) is 10.0 Å². The highest BCUT2D eigenvalue weighted by Gasteiger charge is 2.37. The van der Waals surface area contributed by atoms with Gasteiger partial charge in [-0.05, 0) is 12.1 Å². The quantitative estimate of drug-likeness (QED) is 0.489. The van der Waals surface area contributed by atoms with E-state index in [4.69, 9.17) is 5.11 Å². The van der Waals surface area contributed by atoms with Gasteiger partial charge < -0.3 is 5.11 Å². The zero-order valence-electron chi connectivity index (χ0n) is 7.58. The zero-order valence-corrected chi connectivity index (χ0v) is 7.58. The molecule has 0 aromatic heterocycles. The van der Waals surface area contributed by atoms with Crippen molar-refractivity contribution in [1.29, 1.82) is 0 Å². The van der Waals surface area contributed by atoms with Gasteiger partial charge in [0.2, 0.25) is 5.82 Å². The highest BCUT2D eigenvalue weighted by Crippen LogP contribution is 2.37. The molecule has 1 aromatic rings. The van der Waals surface area contributed by atoms with Crippen molar-refractivity contribution in [3.63, 3.8) is 0 Å². The van der Waals surface area contributed by atoms with Crippen LogP contribution in [0.1, 0.15) is 11.1 Å². The maximum atomic E-state index is 12.9. The van der Waals surface area contributed by atoms with Crippen molar-refractivity contribution in [2.45, 2.75) is 12.8 Å². The number of nitro groups is 1. The van der Waals surface area contributed by atoms with Crippen molar-refractivity contribution < 1.29 is 27.6 Å². The summed E-state index contributed by atoms with van der Waals surface area (Å²) in [6, 6.07) is 0.702. The van der Waals surface area contributed by atoms with Gasteiger partial charge in [0.05, 0.1) is 22.7 Å². The summed E-state index contributed by atoms with van der Waals surface area (Å²) >= 11 is 0. The number of nitrogens with zero attached hydrogens (tertiary/aromatic N) is 1. The summed E-state index contributed by atoms with van der Waals surface area (Å²) in [5, 5.41) is 19.0. The van der Waals surface area contributed by atoms with E-state index >= 15 is 0 Å². The Hall–Kier alpha value is -1.70. The highest BCUT2D eigenvalue weighted by atomic mass is 19.4. The molecular formula is C8H5F4NO3. The van der Waals surface area contributed by atoms with Crippen LogP contribution in [0, 0.1) is 15.9 Å². The van der Waals surface area contributed by atoms with E-state index in [1.165, 1.54) is 0 Å². The lowest BCUT2D eigenvalue weighted by molar-refractivity contribution is -0.388. The van der Waals surface area contributed by atoms with E-state index in [1.807, 2.05) is 0 Å². The monoisotopic (exact) mass is 239 g/mol. The first kappa shape index (κ1) is 12.4. The molecule has 4 nitrogen and oxygen atoms in total. The molecule has 88 valence electrons. The van der Waals surface area contributed by atoms with Crippen molar-refractivity contribution in [2.24, 2.45) is 0 Å². The number of aliphatic hydroxyl groups is 1. The average Bonchev–Trinajstić information content (AvgIpc) is 2.14. The van der Waals surface area contributed by atoms with Crippen LogP contribution in [0.4, 0.5) is 23.2 Å². The molecule has 0 bridgehead atoms. The van der Waals surface area contributed by atoms with Crippen LogP contribution in [0.25, 0.3) is 0 Å². The molecule has 0 saturated heterocycles. The number of nitro benzene ring substituents is 1. The minimum absolute atomic E-state index is 0.347. The average molecular weight is 239 g/mol. The number of halogens is 4. The van der Waals surface area contributed by atoms with Crippen molar-refractivity contribution >= 4 is 5.69 Å². The van der Waals surface area contributed by atoms with Crippen LogP contribution in [0.2, 0.25) is 0 Å². The Morgan fingerprint density at radius 2 is 1.94 bits per heavy atom. The smallest absolute Gasteiger partial charge is 0.391 e. The second-order valence-corrected chi connectivity index (χ2v) is 2.84. The fourth-order valence-electron chi connectivity index (χ4n) is 1.23. The number of hydrogen-bond acceptors (Lipinski definition) is 3. The van der Waals surface area contributed by atoms with Crippen LogP contribution in [-0.2, 0) is 12.8 Å². The molecule has 0 fully saturated rings. The van der Waals surface area contributed by atoms with E-state index in [-0.39, 0.29) is 0 Å². The molecule has 8 heteroatoms. The first-order chi connectivity index (χ1) is 7.29. The minimum atomic E-state index is -4.88. The Labute approximate surface area is 86.3 Å². The molecule has 0 aliphatic carbocycles. The van der Waals surface area contributed by atoms with E-state index in [2.05, 4.69) is 0 Å². The maximum Gasteiger partial charge on any atom is 0.417 e. The molecule has 0 aliphatic rings. The first-order valence-electron chi connectivity index (χ1n) is 3.93. The predicted octanol–water partition coefficient (Wildman–Crippen LogP) is 2.25. The lowest BCUT2D eigenvalue weighted by Gasteiger charge is -2.11. The van der Waals surface area contributed by atoms with E-state index < -0.39 is 40.3 Å². The number of alkyl halides is 3. The van der Waals surface area contributed by atoms with Crippen molar-refractivity contribution in [2.75, 3.05) is 0 Å². The van der Waals surface area contributed by atoms with E-state index in [0.717, 1.165) is 0 Å². The van der Waals surface area contributed by atoms with Gasteiger partial charge in [-0.15, -0.1) is 0 Å². The standard InChI is InChI=1S/C8H5F4NO3/c9-6-2-1-5(8(10,11)12)4(3-14)7(6)13(15)16/h1-2,14H,3H2. The predicted molar refractivity (Wildman–Crippen MR) is 44.0 cm³/mol. The fraction of sp³-hybridized carbons (Fsp3) is 0.250. The van der Waals surface area contributed by atoms with Gasteiger partial charge in [-0.25, -0.2) is 0 Å². The van der Waals surface area contributed by atoms with Crippen molar-refractivity contribution in [3.05, 3.63) is 39.2 Å². The summed E-state index contributed by atoms with van der Waals surface area (Å²) in [6.07, 6.45) is -4.88. The van der Waals surface area contributed by atoms with Crippen molar-refractivity contribution in [1.82, 2.24) is 0 Å². The number of aliphatic hydroxyl groups excluding tert-OH is 1. The molecule has 1 N–H and O–H groups in total. The van der Waals surface area contributed by atoms with Crippen LogP contribution in [0.5, 0.6) is 0 Å². The second-order valence-electron chi connectivity index (χ2n) is 2.84. The first-order valence-corrected chi connectivity index (χ1v) is 3.93. The van der Waals surface area contributed by atoms with Crippen LogP contribution in [0.3, 0.4) is 0 Å². The van der Waals surface area contributed by atoms with Gasteiger partial charge in [-0.3, -0.25) is 10.1 Å². The zero-order chi connectivity index (χ0) is 12.5. The van der Waals surface area contributed by atoms with Crippen LogP contribution in [0.15, 0.2) is 12.1 Å². The summed E-state index contributed by atoms with van der Waals surface area (Å²) in [6.45, 7) is -1.26. The third-order valence-electron chi connectivity index (χ3n) is 1.88. The molecule has 0 unspecified atom stereocenters. The van der Waals surface area contributed by atoms with E-state index in [1.54, 1.807) is 0 Å². The van der Waals surface area contributed by atoms with Crippen LogP contribution >= 0.6 is 0 Å². The maximum absolute atomic E-state index is 12.9. The number of benzene rings is 1. The van der Waals surface area contributed by atoms with Gasteiger partial charge in [0.25, 0.3) is 0 Å². The summed E-state index contributed by atoms with van der Waals surface area (Å²) in [5.41, 5.74) is -3.84. The van der Waals surface area contributed by atoms with Gasteiger partial charge in [0.1, 0.15) is 0 Å². The summed E-state index contributed by atoms with van der Waals surface area (Å²) in [5.74, 6) is -1.41. The Kier molecular flexibility index (Phi) is 3.13. The molecule has 0 amide bonds. The third kappa shape index (κ3) is 2.11. The molecular weight excluding hydrogens is 234 g/mol. The lowest BCUT2D eigenvalue weighted by Crippen LogP contribution is -2.12. The summed E-state index contributed by atoms with van der Waals surface area (Å²) < 4.78 is 50.0. The minimum Gasteiger partial charge on any atom is -0.391 e. The lowest BCUT2D eigenvalue weighted by atomic mass is 10.1. The molecule has 0 heterocycles. The third-order valence-corrected chi connectivity index (χ3v) is 1.88. The summed E-state index contributed by atoms with van der Waals surface area (Å²) in [7, 11) is 0. The number of hydrogen-bond donors (Lipinski definition) is 1. The Balaban J connectivity index is 3.56. The van der Waals surface area contributed by atoms with E-state index in [0.29, 0.717) is 12.1 Å². The summed E-state index contributed by atoms with van der Waals surface area (Å²) in [4.78, 5) is 9.07. The molecule has 0 spiro atoms. The molecule has 1 aromatic carbocycles. The van der Waals surface area contributed by atoms with Gasteiger partial charge in [0.15, 0.2) is 0 Å². The normalized spacial score (nSPS) is 11.6. The molecule has 0 aliphatic heterocycles.